The van der Waals surface area contributed by atoms with Crippen molar-refractivity contribution in [2.45, 2.75) is 18.5 Å². The highest BCUT2D eigenvalue weighted by molar-refractivity contribution is 6.02. The van der Waals surface area contributed by atoms with Crippen molar-refractivity contribution < 1.29 is 9.53 Å². The summed E-state index contributed by atoms with van der Waals surface area (Å²) in [5, 5.41) is 0. The lowest BCUT2D eigenvalue weighted by Crippen LogP contribution is -2.40. The molecule has 1 amide bonds. The number of nitrogens with zero attached hydrogens (tertiary/aromatic N) is 5. The number of aromatic amines is 1. The Morgan fingerprint density at radius 3 is 2.72 bits per heavy atom. The van der Waals surface area contributed by atoms with Crippen LogP contribution in [0.2, 0.25) is 0 Å². The van der Waals surface area contributed by atoms with Crippen LogP contribution < -0.4 is 4.74 Å². The van der Waals surface area contributed by atoms with Crippen LogP contribution in [0.4, 0.5) is 0 Å². The lowest BCUT2D eigenvalue weighted by atomic mass is 10.0. The average Bonchev–Trinajstić information content (AvgIpc) is 3.57. The molecule has 1 aromatic carbocycles. The molecule has 0 saturated carbocycles. The van der Waals surface area contributed by atoms with Gasteiger partial charge in [-0.2, -0.15) is 0 Å². The van der Waals surface area contributed by atoms with Crippen LogP contribution in [0, 0.1) is 0 Å². The van der Waals surface area contributed by atoms with Crippen molar-refractivity contribution in [3.05, 3.63) is 79.8 Å². The number of benzene rings is 1. The SMILES string of the molecule is C=CC(=O)N1CC(N(C)CCN(C)C)C[C@H]1COc1cnccc1-c1[nH]c2cccnc2c1-c1ccccc1. The number of amides is 1. The molecule has 5 rings (SSSR count). The number of aromatic nitrogens is 3. The van der Waals surface area contributed by atoms with Crippen molar-refractivity contribution in [1.82, 2.24) is 29.7 Å². The Labute approximate surface area is 229 Å². The smallest absolute Gasteiger partial charge is 0.246 e. The van der Waals surface area contributed by atoms with E-state index in [1.54, 1.807) is 12.4 Å². The molecule has 1 saturated heterocycles. The first-order chi connectivity index (χ1) is 19.0. The third-order valence-electron chi connectivity index (χ3n) is 7.48. The number of hydrogen-bond acceptors (Lipinski definition) is 6. The van der Waals surface area contributed by atoms with Crippen molar-refractivity contribution in [3.63, 3.8) is 0 Å². The van der Waals surface area contributed by atoms with Crippen molar-refractivity contribution >= 4 is 16.9 Å². The maximum atomic E-state index is 12.8. The highest BCUT2D eigenvalue weighted by Gasteiger charge is 2.36. The number of likely N-dealkylation sites (N-methyl/N-ethyl adjacent to an activating group) is 2. The summed E-state index contributed by atoms with van der Waals surface area (Å²) in [6, 6.07) is 16.4. The molecule has 1 aliphatic heterocycles. The molecule has 0 radical (unpaired) electrons. The lowest BCUT2D eigenvalue weighted by molar-refractivity contribution is -0.127. The summed E-state index contributed by atoms with van der Waals surface area (Å²) in [6.07, 6.45) is 7.57. The fourth-order valence-corrected chi connectivity index (χ4v) is 5.29. The molecular formula is C31H36N6O2. The highest BCUT2D eigenvalue weighted by Crippen LogP contribution is 2.40. The Kier molecular flexibility index (Phi) is 8.05. The second-order valence-electron chi connectivity index (χ2n) is 10.3. The molecule has 2 atom stereocenters. The highest BCUT2D eigenvalue weighted by atomic mass is 16.5. The van der Waals surface area contributed by atoms with E-state index in [4.69, 9.17) is 4.74 Å². The second kappa shape index (κ2) is 11.8. The van der Waals surface area contributed by atoms with Crippen LogP contribution in [0.1, 0.15) is 6.42 Å². The molecule has 0 spiro atoms. The van der Waals surface area contributed by atoms with E-state index < -0.39 is 0 Å². The van der Waals surface area contributed by atoms with Crippen molar-refractivity contribution in [3.8, 4) is 28.1 Å². The Balaban J connectivity index is 1.43. The van der Waals surface area contributed by atoms with Crippen molar-refractivity contribution in [2.24, 2.45) is 0 Å². The summed E-state index contributed by atoms with van der Waals surface area (Å²) in [5.41, 5.74) is 5.79. The van der Waals surface area contributed by atoms with Crippen molar-refractivity contribution in [2.75, 3.05) is 47.4 Å². The Bertz CT molecular complexity index is 1430. The lowest BCUT2D eigenvalue weighted by Gasteiger charge is -2.25. The summed E-state index contributed by atoms with van der Waals surface area (Å²) in [7, 11) is 6.28. The number of fused-ring (bicyclic) bond motifs is 1. The van der Waals surface area contributed by atoms with E-state index in [2.05, 4.69) is 64.6 Å². The minimum atomic E-state index is -0.0634. The molecule has 8 nitrogen and oxygen atoms in total. The fourth-order valence-electron chi connectivity index (χ4n) is 5.29. The zero-order valence-corrected chi connectivity index (χ0v) is 22.9. The van der Waals surface area contributed by atoms with Gasteiger partial charge in [0.1, 0.15) is 12.4 Å². The van der Waals surface area contributed by atoms with Crippen LogP contribution in [-0.2, 0) is 4.79 Å². The minimum Gasteiger partial charge on any atom is -0.489 e. The van der Waals surface area contributed by atoms with Gasteiger partial charge >= 0.3 is 0 Å². The zero-order chi connectivity index (χ0) is 27.4. The van der Waals surface area contributed by atoms with Gasteiger partial charge in [-0.1, -0.05) is 36.9 Å². The number of pyridine rings is 2. The van der Waals surface area contributed by atoms with Gasteiger partial charge in [0, 0.05) is 49.2 Å². The van der Waals surface area contributed by atoms with Crippen LogP contribution in [0.25, 0.3) is 33.4 Å². The predicted octanol–water partition coefficient (Wildman–Crippen LogP) is 4.32. The fraction of sp³-hybridized carbons (Fsp3) is 0.323. The Morgan fingerprint density at radius 1 is 1.13 bits per heavy atom. The first-order valence-electron chi connectivity index (χ1n) is 13.3. The summed E-state index contributed by atoms with van der Waals surface area (Å²) in [4.78, 5) is 31.8. The summed E-state index contributed by atoms with van der Waals surface area (Å²) in [5.74, 6) is 0.600. The van der Waals surface area contributed by atoms with Crippen LogP contribution in [-0.4, -0.2) is 95.0 Å². The van der Waals surface area contributed by atoms with Crippen molar-refractivity contribution in [1.29, 1.82) is 0 Å². The minimum absolute atomic E-state index is 0.0617. The normalized spacial score (nSPS) is 17.3. The van der Waals surface area contributed by atoms with Gasteiger partial charge in [0.2, 0.25) is 5.91 Å². The van der Waals surface area contributed by atoms with Crippen LogP contribution in [0.15, 0.2) is 79.8 Å². The van der Waals surface area contributed by atoms with Gasteiger partial charge < -0.3 is 24.4 Å². The average molecular weight is 525 g/mol. The maximum absolute atomic E-state index is 12.8. The first kappa shape index (κ1) is 26.6. The molecule has 0 aliphatic carbocycles. The van der Waals surface area contributed by atoms with E-state index in [0.29, 0.717) is 18.9 Å². The quantitative estimate of drug-likeness (QED) is 0.312. The van der Waals surface area contributed by atoms with E-state index in [9.17, 15) is 4.79 Å². The molecule has 202 valence electrons. The standard InChI is InChI=1S/C31H36N6O2/c1-5-28(38)37-20-23(36(4)17-16-35(2)3)18-24(37)21-39-27-19-32-15-13-25(27)30-29(22-10-7-6-8-11-22)31-26(34-30)12-9-14-33-31/h5-15,19,23-24,34H,1,16-18,20-21H2,2-4H3/t23?,24-/m0/s1. The van der Waals surface area contributed by atoms with Gasteiger partial charge in [-0.05, 0) is 57.4 Å². The van der Waals surface area contributed by atoms with Gasteiger partial charge in [0.15, 0.2) is 0 Å². The number of nitrogens with one attached hydrogen (secondary N) is 1. The third kappa shape index (κ3) is 5.72. The van der Waals surface area contributed by atoms with E-state index in [1.165, 1.54) is 6.08 Å². The van der Waals surface area contributed by atoms with E-state index >= 15 is 0 Å². The largest absolute Gasteiger partial charge is 0.489 e. The third-order valence-corrected chi connectivity index (χ3v) is 7.48. The number of carbonyl (C=O) groups excluding carboxylic acids is 1. The molecule has 4 aromatic rings. The van der Waals surface area contributed by atoms with Gasteiger partial charge in [0.25, 0.3) is 0 Å². The first-order valence-corrected chi connectivity index (χ1v) is 13.3. The van der Waals surface area contributed by atoms with Crippen LogP contribution in [0.5, 0.6) is 5.75 Å². The molecule has 1 fully saturated rings. The number of ether oxygens (including phenoxy) is 1. The molecule has 3 aromatic heterocycles. The topological polar surface area (TPSA) is 77.6 Å². The van der Waals surface area contributed by atoms with Crippen LogP contribution >= 0.6 is 0 Å². The number of hydrogen-bond donors (Lipinski definition) is 1. The molecule has 8 heteroatoms. The maximum Gasteiger partial charge on any atom is 0.246 e. The van der Waals surface area contributed by atoms with Crippen LogP contribution in [0.3, 0.4) is 0 Å². The molecule has 4 heterocycles. The van der Waals surface area contributed by atoms with Gasteiger partial charge in [-0.3, -0.25) is 14.8 Å². The van der Waals surface area contributed by atoms with E-state index in [0.717, 1.165) is 52.9 Å². The summed E-state index contributed by atoms with van der Waals surface area (Å²) >= 11 is 0. The number of likely N-dealkylation sites (tertiary alicyclic amines) is 1. The van der Waals surface area contributed by atoms with E-state index in [1.807, 2.05) is 47.5 Å². The second-order valence-corrected chi connectivity index (χ2v) is 10.3. The Morgan fingerprint density at radius 2 is 1.95 bits per heavy atom. The van der Waals surface area contributed by atoms with Gasteiger partial charge in [-0.15, -0.1) is 0 Å². The number of rotatable bonds is 10. The Hall–Kier alpha value is -4.01. The van der Waals surface area contributed by atoms with E-state index in [-0.39, 0.29) is 18.0 Å². The predicted molar refractivity (Wildman–Crippen MR) is 156 cm³/mol. The molecule has 39 heavy (non-hydrogen) atoms. The molecular weight excluding hydrogens is 488 g/mol. The molecule has 1 N–H and O–H groups in total. The zero-order valence-electron chi connectivity index (χ0n) is 22.9. The molecule has 0 bridgehead atoms. The summed E-state index contributed by atoms with van der Waals surface area (Å²) in [6.45, 7) is 6.66. The van der Waals surface area contributed by atoms with Gasteiger partial charge in [0.05, 0.1) is 29.0 Å². The molecule has 1 unspecified atom stereocenters. The van der Waals surface area contributed by atoms with Gasteiger partial charge in [-0.25, -0.2) is 0 Å². The number of carbonyl (C=O) groups is 1. The number of H-pyrrole nitrogens is 1. The monoisotopic (exact) mass is 524 g/mol. The molecule has 1 aliphatic rings. The summed E-state index contributed by atoms with van der Waals surface area (Å²) < 4.78 is 6.46.